The first kappa shape index (κ1) is 75.3. The Labute approximate surface area is 494 Å². The van der Waals surface area contributed by atoms with Gasteiger partial charge in [0.15, 0.2) is 0 Å². The molecule has 476 valence electrons. The van der Waals surface area contributed by atoms with Crippen molar-refractivity contribution >= 4 is 64.9 Å². The van der Waals surface area contributed by atoms with Gasteiger partial charge >= 0.3 is 0 Å². The molecular weight excluding hydrogens is 1070 g/mol. The Morgan fingerprint density at radius 2 is 1.12 bits per heavy atom. The van der Waals surface area contributed by atoms with Gasteiger partial charge in [-0.05, 0) is 120 Å². The largest absolute Gasteiger partial charge is 0.395 e. The second kappa shape index (κ2) is 35.5. The average Bonchev–Trinajstić information content (AvgIpc) is 4.12. The van der Waals surface area contributed by atoms with Gasteiger partial charge in [-0.15, -0.1) is 0 Å². The molecule has 83 heavy (non-hydrogen) atoms. The van der Waals surface area contributed by atoms with Gasteiger partial charge in [0, 0.05) is 44.4 Å². The number of hydrogen-bond acceptors (Lipinski definition) is 14. The van der Waals surface area contributed by atoms with Crippen molar-refractivity contribution < 1.29 is 63.0 Å². The summed E-state index contributed by atoms with van der Waals surface area (Å²) < 4.78 is 0. The monoisotopic (exact) mass is 1180 g/mol. The molecule has 0 radical (unpaired) electrons. The van der Waals surface area contributed by atoms with Crippen LogP contribution in [0.5, 0.6) is 0 Å². The molecule has 1 heterocycles. The Balaban J connectivity index is 3.08. The highest BCUT2D eigenvalue weighted by atomic mass is 16.3. The van der Waals surface area contributed by atoms with Crippen LogP contribution in [0.25, 0.3) is 0 Å². The molecule has 1 aliphatic heterocycles. The lowest BCUT2D eigenvalue weighted by molar-refractivity contribution is -0.142. The molecule has 0 spiro atoms. The number of ketones is 1. The maximum Gasteiger partial charge on any atom is 0.246 e. The maximum atomic E-state index is 14.1. The minimum atomic E-state index is -1.70. The van der Waals surface area contributed by atoms with Crippen LogP contribution >= 0.6 is 0 Å². The summed E-state index contributed by atoms with van der Waals surface area (Å²) in [6.07, 6.45) is 7.55. The van der Waals surface area contributed by atoms with Crippen molar-refractivity contribution in [3.05, 3.63) is 0 Å². The van der Waals surface area contributed by atoms with Gasteiger partial charge in [0.2, 0.25) is 59.1 Å². The van der Waals surface area contributed by atoms with Gasteiger partial charge in [0.25, 0.3) is 0 Å². The van der Waals surface area contributed by atoms with Crippen molar-refractivity contribution in [1.29, 1.82) is 0 Å². The number of hydrogen-bond donors (Lipinski definition) is 11. The topological polar surface area (TPSA) is 343 Å². The molecule has 24 nitrogen and oxygen atoms in total. The van der Waals surface area contributed by atoms with E-state index in [1.54, 1.807) is 46.6 Å². The number of nitrogens with one attached hydrogen (secondary N) is 9. The number of aliphatic hydroxyl groups is 2. The van der Waals surface area contributed by atoms with Gasteiger partial charge < -0.3 is 67.9 Å². The Morgan fingerprint density at radius 3 is 1.67 bits per heavy atom. The number of unbranched alkanes of at least 4 members (excludes halogenated alkanes) is 5. The second-order valence-corrected chi connectivity index (χ2v) is 25.1. The highest BCUT2D eigenvalue weighted by Crippen LogP contribution is 2.24. The zero-order chi connectivity index (χ0) is 63.7. The molecule has 0 aliphatic carbocycles. The van der Waals surface area contributed by atoms with Crippen molar-refractivity contribution in [2.45, 2.75) is 259 Å². The molecule has 10 atom stereocenters. The lowest BCUT2D eigenvalue weighted by Gasteiger charge is -2.34. The van der Waals surface area contributed by atoms with Gasteiger partial charge in [-0.3, -0.25) is 52.7 Å². The van der Waals surface area contributed by atoms with Crippen LogP contribution in [0, 0.1) is 17.8 Å². The minimum Gasteiger partial charge on any atom is -0.395 e. The van der Waals surface area contributed by atoms with Crippen LogP contribution in [-0.2, 0) is 52.7 Å². The van der Waals surface area contributed by atoms with Crippen LogP contribution in [0.15, 0.2) is 0 Å². The van der Waals surface area contributed by atoms with Crippen LogP contribution in [0.4, 0.5) is 0 Å². The Morgan fingerprint density at radius 1 is 0.602 bits per heavy atom. The summed E-state index contributed by atoms with van der Waals surface area (Å²) in [5, 5.41) is 43.7. The summed E-state index contributed by atoms with van der Waals surface area (Å²) in [4.78, 5) is 152. The van der Waals surface area contributed by atoms with Gasteiger partial charge in [-0.25, -0.2) is 0 Å². The predicted molar refractivity (Wildman–Crippen MR) is 317 cm³/mol. The standard InChI is InChI=1S/C59H107N11O13/c1-18-20-21-22-23-24-26-37(6)53(80)70-28-25-27-45(70)51(78)64-44(32-36(5)31-43(73)33-42(72)19-2)50(77)61-40(9)48(75)67-59(15,16)56(83)68-58(13,14)55(82)65-46(35(3)4)52(79)62-41(10)49(76)66-57(11,12)54(81)63-39(8)47(74)60-38(7)34-69(17)29-30-71/h35-41,43-46,71,73H,18-34H2,1-17H3,(H,60,74)(H,61,77)(H,62,79)(H,63,81)(H,64,78)(H,65,82)(H,66,76)(H,67,75)(H,68,83)/t36-,37-,38+,39+,40+,41+,43+,44+,45-,46+/m1/s1. The van der Waals surface area contributed by atoms with Crippen molar-refractivity contribution in [1.82, 2.24) is 57.7 Å². The van der Waals surface area contributed by atoms with E-state index >= 15 is 0 Å². The van der Waals surface area contributed by atoms with Crippen LogP contribution < -0.4 is 47.9 Å². The first-order chi connectivity index (χ1) is 38.4. The van der Waals surface area contributed by atoms with Crippen molar-refractivity contribution in [2.24, 2.45) is 17.8 Å². The normalized spacial score (nSPS) is 17.1. The number of likely N-dealkylation sites (N-methyl/N-ethyl adjacent to an activating group) is 1. The number of amides is 10. The molecule has 10 amide bonds. The summed E-state index contributed by atoms with van der Waals surface area (Å²) in [5.74, 6) is -7.74. The molecule has 0 aromatic rings. The van der Waals surface area contributed by atoms with E-state index in [2.05, 4.69) is 54.8 Å². The van der Waals surface area contributed by atoms with Gasteiger partial charge in [0.1, 0.15) is 58.7 Å². The molecule has 11 N–H and O–H groups in total. The molecule has 1 fully saturated rings. The highest BCUT2D eigenvalue weighted by Gasteiger charge is 2.42. The highest BCUT2D eigenvalue weighted by molar-refractivity contribution is 6.00. The van der Waals surface area contributed by atoms with Gasteiger partial charge in [-0.2, -0.15) is 0 Å². The Hall–Kier alpha value is -5.75. The number of likely N-dealkylation sites (tertiary alicyclic amines) is 1. The number of carbonyl (C=O) groups excluding carboxylic acids is 11. The van der Waals surface area contributed by atoms with E-state index < -0.39 is 118 Å². The minimum absolute atomic E-state index is 0.0196. The molecule has 0 saturated carbocycles. The molecule has 0 aromatic carbocycles. The summed E-state index contributed by atoms with van der Waals surface area (Å²) in [7, 11) is 1.79. The fourth-order valence-electron chi connectivity index (χ4n) is 9.53. The fraction of sp³-hybridized carbons (Fsp3) is 0.814. The smallest absolute Gasteiger partial charge is 0.246 e. The third-order valence-electron chi connectivity index (χ3n) is 15.0. The number of carbonyl (C=O) groups is 11. The molecule has 1 rings (SSSR count). The van der Waals surface area contributed by atoms with E-state index in [-0.39, 0.29) is 61.9 Å². The molecule has 0 bridgehead atoms. The zero-order valence-electron chi connectivity index (χ0n) is 53.2. The maximum absolute atomic E-state index is 14.1. The lowest BCUT2D eigenvalue weighted by Crippen LogP contribution is -2.66. The van der Waals surface area contributed by atoms with Crippen LogP contribution in [0.2, 0.25) is 0 Å². The summed E-state index contributed by atoms with van der Waals surface area (Å²) in [6.45, 7) is 26.5. The number of aliphatic hydroxyl groups excluding tert-OH is 2. The summed E-state index contributed by atoms with van der Waals surface area (Å²) in [6, 6.07) is -7.00. The number of Topliss-reactive ketones (excluding diaryl/α,β-unsaturated/α-hetero) is 1. The third-order valence-corrected chi connectivity index (χ3v) is 15.0. The molecule has 1 saturated heterocycles. The van der Waals surface area contributed by atoms with Crippen molar-refractivity contribution in [2.75, 3.05) is 33.3 Å². The quantitative estimate of drug-likeness (QED) is 0.0393. The van der Waals surface area contributed by atoms with Crippen LogP contribution in [0.1, 0.15) is 194 Å². The molecule has 0 aromatic heterocycles. The van der Waals surface area contributed by atoms with E-state index in [0.29, 0.717) is 38.9 Å². The zero-order valence-corrected chi connectivity index (χ0v) is 53.2. The first-order valence-corrected chi connectivity index (χ1v) is 30.0. The molecule has 24 heteroatoms. The first-order valence-electron chi connectivity index (χ1n) is 30.0. The van der Waals surface area contributed by atoms with Crippen molar-refractivity contribution in [3.63, 3.8) is 0 Å². The molecule has 0 unspecified atom stereocenters. The molecule has 1 aliphatic rings. The Kier molecular flexibility index (Phi) is 32.2. The molecular formula is C59H107N11O13. The van der Waals surface area contributed by atoms with E-state index in [1.807, 2.05) is 11.8 Å². The second-order valence-electron chi connectivity index (χ2n) is 25.1. The predicted octanol–water partition coefficient (Wildman–Crippen LogP) is 1.76. The van der Waals surface area contributed by atoms with Gasteiger partial charge in [0.05, 0.1) is 12.7 Å². The fourth-order valence-corrected chi connectivity index (χ4v) is 9.53. The van der Waals surface area contributed by atoms with E-state index in [4.69, 9.17) is 5.11 Å². The van der Waals surface area contributed by atoms with E-state index in [0.717, 1.165) is 32.1 Å². The number of rotatable bonds is 38. The Bertz CT molecular complexity index is 2190. The number of nitrogens with zero attached hydrogens (tertiary/aromatic N) is 2. The van der Waals surface area contributed by atoms with E-state index in [9.17, 15) is 57.8 Å². The summed E-state index contributed by atoms with van der Waals surface area (Å²) in [5.41, 5.74) is -4.93. The van der Waals surface area contributed by atoms with Crippen LogP contribution in [0.3, 0.4) is 0 Å². The van der Waals surface area contributed by atoms with Crippen LogP contribution in [-0.4, -0.2) is 183 Å². The van der Waals surface area contributed by atoms with Crippen molar-refractivity contribution in [3.8, 4) is 0 Å². The third kappa shape index (κ3) is 26.4. The summed E-state index contributed by atoms with van der Waals surface area (Å²) >= 11 is 0. The average molecular weight is 1180 g/mol. The SMILES string of the molecule is CCCCCCCC[C@@H](C)C(=O)N1CCC[C@@H]1C(=O)N[C@@H](C[C@H](C)C[C@H](O)CC(=O)CC)C(=O)N[C@@H](C)C(=O)NC(C)(C)C(=O)NC(C)(C)C(=O)N[C@H](C(=O)N[C@@H](C)C(=O)NC(C)(C)C(=O)N[C@@H](C)C(=O)N[C@@H](C)CN(C)CCO)C(C)C. The van der Waals surface area contributed by atoms with Gasteiger partial charge in [-0.1, -0.05) is 80.1 Å². The lowest BCUT2D eigenvalue weighted by atomic mass is 9.92. The van der Waals surface area contributed by atoms with E-state index in [1.165, 1.54) is 68.7 Å².